The van der Waals surface area contributed by atoms with Crippen molar-refractivity contribution in [1.82, 2.24) is 0 Å². The first-order valence-corrected chi connectivity index (χ1v) is 7.83. The van der Waals surface area contributed by atoms with Gasteiger partial charge in [-0.2, -0.15) is 13.2 Å². The molecular formula is C19H19F3O4. The molecule has 2 rings (SSSR count). The Morgan fingerprint density at radius 3 is 2.31 bits per heavy atom. The third kappa shape index (κ3) is 4.09. The Morgan fingerprint density at radius 2 is 1.77 bits per heavy atom. The Hall–Kier alpha value is -2.70. The van der Waals surface area contributed by atoms with Crippen LogP contribution in [0.1, 0.15) is 30.4 Å². The molecule has 0 fully saturated rings. The Morgan fingerprint density at radius 1 is 1.12 bits per heavy atom. The van der Waals surface area contributed by atoms with E-state index in [0.29, 0.717) is 5.56 Å². The number of hydrogen-bond donors (Lipinski definition) is 1. The van der Waals surface area contributed by atoms with Crippen molar-refractivity contribution in [3.05, 3.63) is 47.5 Å². The van der Waals surface area contributed by atoms with Gasteiger partial charge in [0.2, 0.25) is 0 Å². The van der Waals surface area contributed by atoms with Crippen LogP contribution in [0.4, 0.5) is 13.2 Å². The van der Waals surface area contributed by atoms with Gasteiger partial charge in [-0.15, -0.1) is 0 Å². The molecule has 0 amide bonds. The molecule has 1 atom stereocenters. The maximum Gasteiger partial charge on any atom is 0.417 e. The number of alkyl halides is 3. The maximum atomic E-state index is 13.4. The summed E-state index contributed by atoms with van der Waals surface area (Å²) in [5.41, 5.74) is -0.105. The highest BCUT2D eigenvalue weighted by atomic mass is 19.4. The Balaban J connectivity index is 2.73. The highest BCUT2D eigenvalue weighted by Gasteiger charge is 2.34. The van der Waals surface area contributed by atoms with Crippen molar-refractivity contribution in [2.45, 2.75) is 25.4 Å². The molecule has 0 radical (unpaired) electrons. The van der Waals surface area contributed by atoms with Gasteiger partial charge in [0.15, 0.2) is 11.5 Å². The average molecular weight is 368 g/mol. The first-order valence-electron chi connectivity index (χ1n) is 7.83. The molecule has 1 unspecified atom stereocenters. The highest BCUT2D eigenvalue weighted by molar-refractivity contribution is 5.78. The lowest BCUT2D eigenvalue weighted by Gasteiger charge is -2.20. The summed E-state index contributed by atoms with van der Waals surface area (Å²) in [6.45, 7) is 1.69. The number of benzene rings is 2. The summed E-state index contributed by atoms with van der Waals surface area (Å²) in [5, 5.41) is 9.00. The van der Waals surface area contributed by atoms with E-state index in [9.17, 15) is 18.0 Å². The number of rotatable bonds is 6. The fourth-order valence-corrected chi connectivity index (χ4v) is 2.82. The zero-order valence-electron chi connectivity index (χ0n) is 14.6. The van der Waals surface area contributed by atoms with Crippen LogP contribution in [-0.4, -0.2) is 25.3 Å². The molecule has 0 saturated carbocycles. The van der Waals surface area contributed by atoms with E-state index in [2.05, 4.69) is 0 Å². The molecule has 0 aromatic heterocycles. The number of carboxylic acid groups (broad SMARTS) is 1. The second kappa shape index (κ2) is 7.68. The maximum absolute atomic E-state index is 13.4. The van der Waals surface area contributed by atoms with Gasteiger partial charge in [-0.1, -0.05) is 25.1 Å². The minimum atomic E-state index is -4.54. The SMILES string of the molecule is COc1cc(C(C)CC(=O)O)cc(-c2ccccc2C(F)(F)F)c1OC. The standard InChI is InChI=1S/C19H19F3O4/c1-11(8-17(23)24)12-9-14(18(26-3)16(10-12)25-2)13-6-4-5-7-15(13)19(20,21)22/h4-7,9-11H,8H2,1-3H3,(H,23,24). The lowest BCUT2D eigenvalue weighted by atomic mass is 9.91. The van der Waals surface area contributed by atoms with E-state index >= 15 is 0 Å². The van der Waals surface area contributed by atoms with E-state index in [0.717, 1.165) is 6.07 Å². The lowest BCUT2D eigenvalue weighted by molar-refractivity contribution is -0.138. The fourth-order valence-electron chi connectivity index (χ4n) is 2.82. The van der Waals surface area contributed by atoms with Crippen LogP contribution in [0.25, 0.3) is 11.1 Å². The van der Waals surface area contributed by atoms with Crippen LogP contribution >= 0.6 is 0 Å². The number of hydrogen-bond acceptors (Lipinski definition) is 3. The molecular weight excluding hydrogens is 349 g/mol. The summed E-state index contributed by atoms with van der Waals surface area (Å²) >= 11 is 0. The van der Waals surface area contributed by atoms with E-state index in [1.807, 2.05) is 0 Å². The number of ether oxygens (including phenoxy) is 2. The average Bonchev–Trinajstić information content (AvgIpc) is 2.59. The largest absolute Gasteiger partial charge is 0.493 e. The fraction of sp³-hybridized carbons (Fsp3) is 0.316. The summed E-state index contributed by atoms with van der Waals surface area (Å²) in [6.07, 6.45) is -4.70. The van der Waals surface area contributed by atoms with Crippen molar-refractivity contribution in [2.24, 2.45) is 0 Å². The number of halogens is 3. The highest BCUT2D eigenvalue weighted by Crippen LogP contribution is 2.45. The van der Waals surface area contributed by atoms with Gasteiger partial charge in [0, 0.05) is 5.56 Å². The molecule has 4 nitrogen and oxygen atoms in total. The molecule has 0 aliphatic carbocycles. The number of aliphatic carboxylic acids is 1. The summed E-state index contributed by atoms with van der Waals surface area (Å²) in [5.74, 6) is -1.00. The van der Waals surface area contributed by atoms with Crippen LogP contribution < -0.4 is 9.47 Å². The Labute approximate surface area is 149 Å². The van der Waals surface area contributed by atoms with E-state index < -0.39 is 23.6 Å². The predicted octanol–water partition coefficient (Wildman–Crippen LogP) is 4.97. The summed E-state index contributed by atoms with van der Waals surface area (Å²) in [7, 11) is 2.72. The first-order chi connectivity index (χ1) is 12.2. The molecule has 140 valence electrons. The van der Waals surface area contributed by atoms with Crippen molar-refractivity contribution in [2.75, 3.05) is 14.2 Å². The first kappa shape index (κ1) is 19.6. The lowest BCUT2D eigenvalue weighted by Crippen LogP contribution is -2.08. The van der Waals surface area contributed by atoms with Crippen molar-refractivity contribution in [1.29, 1.82) is 0 Å². The van der Waals surface area contributed by atoms with Crippen molar-refractivity contribution in [3.63, 3.8) is 0 Å². The molecule has 1 N–H and O–H groups in total. The zero-order valence-corrected chi connectivity index (χ0v) is 14.6. The molecule has 0 aliphatic rings. The van der Waals surface area contributed by atoms with Crippen molar-refractivity contribution >= 4 is 5.97 Å². The van der Waals surface area contributed by atoms with Gasteiger partial charge in [-0.3, -0.25) is 4.79 Å². The molecule has 2 aromatic carbocycles. The third-order valence-electron chi connectivity index (χ3n) is 4.07. The Kier molecular flexibility index (Phi) is 5.79. The van der Waals surface area contributed by atoms with Crippen LogP contribution in [0.5, 0.6) is 11.5 Å². The molecule has 0 aliphatic heterocycles. The quantitative estimate of drug-likeness (QED) is 0.782. The third-order valence-corrected chi connectivity index (χ3v) is 4.07. The minimum Gasteiger partial charge on any atom is -0.493 e. The molecule has 2 aromatic rings. The van der Waals surface area contributed by atoms with Gasteiger partial charge in [-0.05, 0) is 35.2 Å². The summed E-state index contributed by atoms with van der Waals surface area (Å²) in [6, 6.07) is 8.28. The molecule has 0 spiro atoms. The van der Waals surface area contributed by atoms with Crippen LogP contribution in [0.3, 0.4) is 0 Å². The van der Waals surface area contributed by atoms with Crippen LogP contribution in [0, 0.1) is 0 Å². The van der Waals surface area contributed by atoms with Crippen LogP contribution in [-0.2, 0) is 11.0 Å². The van der Waals surface area contributed by atoms with E-state index in [-0.39, 0.29) is 29.0 Å². The van der Waals surface area contributed by atoms with Crippen LogP contribution in [0.15, 0.2) is 36.4 Å². The van der Waals surface area contributed by atoms with Crippen LogP contribution in [0.2, 0.25) is 0 Å². The van der Waals surface area contributed by atoms with Gasteiger partial charge in [0.25, 0.3) is 0 Å². The Bertz CT molecular complexity index is 800. The van der Waals surface area contributed by atoms with Gasteiger partial charge in [-0.25, -0.2) is 0 Å². The second-order valence-corrected chi connectivity index (χ2v) is 5.85. The molecule has 0 heterocycles. The number of methoxy groups -OCH3 is 2. The molecule has 0 bridgehead atoms. The summed E-state index contributed by atoms with van der Waals surface area (Å²) < 4.78 is 50.9. The molecule has 26 heavy (non-hydrogen) atoms. The molecule has 7 heteroatoms. The van der Waals surface area contributed by atoms with E-state index in [1.54, 1.807) is 13.0 Å². The molecule has 0 saturated heterocycles. The second-order valence-electron chi connectivity index (χ2n) is 5.85. The summed E-state index contributed by atoms with van der Waals surface area (Å²) in [4.78, 5) is 11.0. The van der Waals surface area contributed by atoms with Crippen molar-refractivity contribution in [3.8, 4) is 22.6 Å². The monoisotopic (exact) mass is 368 g/mol. The van der Waals surface area contributed by atoms with Gasteiger partial charge in [0.05, 0.1) is 26.2 Å². The minimum absolute atomic E-state index is 0.0560. The normalized spacial score (nSPS) is 12.5. The van der Waals surface area contributed by atoms with Gasteiger partial charge in [0.1, 0.15) is 0 Å². The predicted molar refractivity (Wildman–Crippen MR) is 90.7 cm³/mol. The zero-order chi connectivity index (χ0) is 19.5. The van der Waals surface area contributed by atoms with Gasteiger partial charge >= 0.3 is 12.1 Å². The topological polar surface area (TPSA) is 55.8 Å². The number of carbonyl (C=O) groups is 1. The van der Waals surface area contributed by atoms with E-state index in [1.165, 1.54) is 38.5 Å². The van der Waals surface area contributed by atoms with Gasteiger partial charge < -0.3 is 14.6 Å². The number of carboxylic acids is 1. The van der Waals surface area contributed by atoms with Crippen molar-refractivity contribution < 1.29 is 32.5 Å². The smallest absolute Gasteiger partial charge is 0.417 e. The van der Waals surface area contributed by atoms with E-state index in [4.69, 9.17) is 14.6 Å².